The lowest BCUT2D eigenvalue weighted by Gasteiger charge is -2.21. The van der Waals surface area contributed by atoms with Crippen molar-refractivity contribution in [2.24, 2.45) is 0 Å². The van der Waals surface area contributed by atoms with E-state index in [9.17, 15) is 14.4 Å². The van der Waals surface area contributed by atoms with E-state index in [1.165, 1.54) is 9.13 Å². The molecule has 0 aliphatic heterocycles. The van der Waals surface area contributed by atoms with Crippen molar-refractivity contribution in [1.29, 1.82) is 0 Å². The predicted octanol–water partition coefficient (Wildman–Crippen LogP) is 2.69. The Morgan fingerprint density at radius 3 is 2.36 bits per heavy atom. The Balaban J connectivity index is 2.22. The first kappa shape index (κ1) is 19.6. The lowest BCUT2D eigenvalue weighted by atomic mass is 10.1. The topological polar surface area (TPSA) is 73.1 Å². The van der Waals surface area contributed by atoms with Crippen molar-refractivity contribution in [3.8, 4) is 0 Å². The lowest BCUT2D eigenvalue weighted by molar-refractivity contribution is -0.124. The smallest absolute Gasteiger partial charge is 0.332 e. The third kappa shape index (κ3) is 3.76. The van der Waals surface area contributed by atoms with Gasteiger partial charge >= 0.3 is 5.69 Å². The highest BCUT2D eigenvalue weighted by Crippen LogP contribution is 2.17. The molecule has 6 nitrogen and oxygen atoms in total. The number of nitrogens with one attached hydrogen (secondary N) is 1. The Bertz CT molecular complexity index is 1080. The molecule has 0 aliphatic carbocycles. The van der Waals surface area contributed by atoms with Crippen LogP contribution in [0.2, 0.25) is 0 Å². The number of carbonyl (C=O) groups is 1. The summed E-state index contributed by atoms with van der Waals surface area (Å²) in [6, 6.07) is 15.7. The molecule has 3 aromatic rings. The molecule has 1 N–H and O–H groups in total. The molecule has 6 heteroatoms. The molecule has 3 rings (SSSR count). The van der Waals surface area contributed by atoms with Gasteiger partial charge in [-0.1, -0.05) is 56.3 Å². The Hall–Kier alpha value is -3.15. The minimum atomic E-state index is -0.674. The van der Waals surface area contributed by atoms with Gasteiger partial charge in [0.05, 0.1) is 17.4 Å². The van der Waals surface area contributed by atoms with E-state index in [1.54, 1.807) is 24.3 Å². The second kappa shape index (κ2) is 8.69. The summed E-state index contributed by atoms with van der Waals surface area (Å²) in [5.74, 6) is -0.207. The van der Waals surface area contributed by atoms with Crippen molar-refractivity contribution in [3.63, 3.8) is 0 Å². The van der Waals surface area contributed by atoms with Gasteiger partial charge in [-0.05, 0) is 30.5 Å². The van der Waals surface area contributed by atoms with Gasteiger partial charge in [0.15, 0.2) is 0 Å². The van der Waals surface area contributed by atoms with Gasteiger partial charge in [-0.15, -0.1) is 0 Å². The van der Waals surface area contributed by atoms with E-state index in [2.05, 4.69) is 5.32 Å². The molecular weight excluding hydrogens is 354 g/mol. The quantitative estimate of drug-likeness (QED) is 0.686. The number of aromatic nitrogens is 2. The number of hydrogen-bond donors (Lipinski definition) is 1. The number of carbonyl (C=O) groups excluding carboxylic acids is 1. The average molecular weight is 379 g/mol. The van der Waals surface area contributed by atoms with E-state index >= 15 is 0 Å². The molecule has 146 valence electrons. The molecular formula is C22H25N3O3. The summed E-state index contributed by atoms with van der Waals surface area (Å²) in [5, 5.41) is 3.30. The zero-order chi connectivity index (χ0) is 20.1. The molecule has 0 bridgehead atoms. The van der Waals surface area contributed by atoms with Crippen molar-refractivity contribution >= 4 is 16.8 Å². The number of nitrogens with zero attached hydrogens (tertiary/aromatic N) is 2. The van der Waals surface area contributed by atoms with Crippen LogP contribution < -0.4 is 16.6 Å². The predicted molar refractivity (Wildman–Crippen MR) is 111 cm³/mol. The fourth-order valence-electron chi connectivity index (χ4n) is 3.39. The highest BCUT2D eigenvalue weighted by Gasteiger charge is 2.24. The van der Waals surface area contributed by atoms with Gasteiger partial charge in [-0.2, -0.15) is 0 Å². The van der Waals surface area contributed by atoms with Crippen molar-refractivity contribution < 1.29 is 4.79 Å². The molecule has 2 aromatic carbocycles. The molecule has 0 radical (unpaired) electrons. The largest absolute Gasteiger partial charge is 0.354 e. The first-order valence-corrected chi connectivity index (χ1v) is 9.64. The highest BCUT2D eigenvalue weighted by molar-refractivity contribution is 5.84. The van der Waals surface area contributed by atoms with Gasteiger partial charge in [-0.3, -0.25) is 18.7 Å². The number of hydrogen-bond acceptors (Lipinski definition) is 3. The summed E-state index contributed by atoms with van der Waals surface area (Å²) < 4.78 is 2.68. The summed E-state index contributed by atoms with van der Waals surface area (Å²) in [5.41, 5.74) is 0.530. The maximum atomic E-state index is 13.3. The summed E-state index contributed by atoms with van der Waals surface area (Å²) in [4.78, 5) is 39.1. The second-order valence-corrected chi connectivity index (χ2v) is 6.76. The van der Waals surface area contributed by atoms with Crippen LogP contribution in [0.1, 0.15) is 38.3 Å². The van der Waals surface area contributed by atoms with Crippen LogP contribution in [-0.2, 0) is 11.3 Å². The third-order valence-electron chi connectivity index (χ3n) is 4.81. The lowest BCUT2D eigenvalue weighted by Crippen LogP contribution is -2.45. The molecule has 1 aromatic heterocycles. The Kier molecular flexibility index (Phi) is 6.09. The van der Waals surface area contributed by atoms with Crippen LogP contribution in [0.15, 0.2) is 64.2 Å². The maximum absolute atomic E-state index is 13.3. The van der Waals surface area contributed by atoms with E-state index in [0.717, 1.165) is 12.0 Å². The fourth-order valence-corrected chi connectivity index (χ4v) is 3.39. The van der Waals surface area contributed by atoms with E-state index < -0.39 is 11.7 Å². The third-order valence-corrected chi connectivity index (χ3v) is 4.81. The SMILES string of the molecule is CCCNC(=O)C(CC)n1c(=O)n(Cc2ccccc2)c(=O)c2ccccc21. The molecule has 28 heavy (non-hydrogen) atoms. The Labute approximate surface area is 163 Å². The Morgan fingerprint density at radius 1 is 1.00 bits per heavy atom. The number of rotatable bonds is 7. The standard InChI is InChI=1S/C22H25N3O3/c1-3-14-23-20(26)18(4-2)25-19-13-9-8-12-17(19)21(27)24(22(25)28)15-16-10-6-5-7-11-16/h5-13,18H,3-4,14-15H2,1-2H3,(H,23,26). The van der Waals surface area contributed by atoms with Crippen molar-refractivity contribution in [3.05, 3.63) is 81.0 Å². The van der Waals surface area contributed by atoms with E-state index in [1.807, 2.05) is 44.2 Å². The van der Waals surface area contributed by atoms with Crippen molar-refractivity contribution in [2.75, 3.05) is 6.54 Å². The number of benzene rings is 2. The first-order valence-electron chi connectivity index (χ1n) is 9.64. The zero-order valence-corrected chi connectivity index (χ0v) is 16.2. The van der Waals surface area contributed by atoms with Crippen molar-refractivity contribution in [1.82, 2.24) is 14.5 Å². The first-order chi connectivity index (χ1) is 13.6. The van der Waals surface area contributed by atoms with Crippen LogP contribution in [-0.4, -0.2) is 21.6 Å². The minimum Gasteiger partial charge on any atom is -0.354 e. The van der Waals surface area contributed by atoms with Gasteiger partial charge < -0.3 is 5.32 Å². The molecule has 0 saturated heterocycles. The molecule has 0 spiro atoms. The van der Waals surface area contributed by atoms with Crippen LogP contribution in [0.5, 0.6) is 0 Å². The van der Waals surface area contributed by atoms with Gasteiger partial charge in [0, 0.05) is 6.54 Å². The van der Waals surface area contributed by atoms with E-state index in [4.69, 9.17) is 0 Å². The summed E-state index contributed by atoms with van der Waals surface area (Å²) in [6.45, 7) is 4.55. The van der Waals surface area contributed by atoms with Gasteiger partial charge in [0.2, 0.25) is 5.91 Å². The summed E-state index contributed by atoms with van der Waals surface area (Å²) in [6.07, 6.45) is 1.26. The number of amides is 1. The minimum absolute atomic E-state index is 0.163. The fraction of sp³-hybridized carbons (Fsp3) is 0.318. The van der Waals surface area contributed by atoms with Crippen LogP contribution in [0.3, 0.4) is 0 Å². The molecule has 1 amide bonds. The van der Waals surface area contributed by atoms with E-state index in [-0.39, 0.29) is 18.0 Å². The summed E-state index contributed by atoms with van der Waals surface area (Å²) in [7, 11) is 0. The monoisotopic (exact) mass is 379 g/mol. The van der Waals surface area contributed by atoms with E-state index in [0.29, 0.717) is 23.9 Å². The number of para-hydroxylation sites is 1. The maximum Gasteiger partial charge on any atom is 0.332 e. The Morgan fingerprint density at radius 2 is 1.68 bits per heavy atom. The van der Waals surface area contributed by atoms with Crippen LogP contribution >= 0.6 is 0 Å². The molecule has 1 atom stereocenters. The van der Waals surface area contributed by atoms with Crippen LogP contribution in [0.25, 0.3) is 10.9 Å². The molecule has 0 saturated carbocycles. The second-order valence-electron chi connectivity index (χ2n) is 6.76. The van der Waals surface area contributed by atoms with Crippen LogP contribution in [0, 0.1) is 0 Å². The van der Waals surface area contributed by atoms with Gasteiger partial charge in [-0.25, -0.2) is 4.79 Å². The van der Waals surface area contributed by atoms with Gasteiger partial charge in [0.25, 0.3) is 5.56 Å². The van der Waals surface area contributed by atoms with Gasteiger partial charge in [0.1, 0.15) is 6.04 Å². The normalized spacial score (nSPS) is 12.1. The molecule has 0 aliphatic rings. The zero-order valence-electron chi connectivity index (χ0n) is 16.2. The molecule has 0 fully saturated rings. The molecule has 1 unspecified atom stereocenters. The van der Waals surface area contributed by atoms with Crippen LogP contribution in [0.4, 0.5) is 0 Å². The average Bonchev–Trinajstić information content (AvgIpc) is 2.73. The summed E-state index contributed by atoms with van der Waals surface area (Å²) >= 11 is 0. The molecule has 1 heterocycles. The number of fused-ring (bicyclic) bond motifs is 1. The van der Waals surface area contributed by atoms with Crippen molar-refractivity contribution in [2.45, 2.75) is 39.3 Å². The highest BCUT2D eigenvalue weighted by atomic mass is 16.2.